The first kappa shape index (κ1) is 26.7. The molecule has 0 saturated carbocycles. The van der Waals surface area contributed by atoms with Crippen LogP contribution in [-0.4, -0.2) is 47.7 Å². The molecular weight excluding hydrogens is 510 g/mol. The average molecular weight is 542 g/mol. The van der Waals surface area contributed by atoms with Crippen molar-refractivity contribution in [2.45, 2.75) is 32.8 Å². The number of nitrogens with one attached hydrogen (secondary N) is 1. The maximum Gasteiger partial charge on any atom is 0.266 e. The van der Waals surface area contributed by atoms with Gasteiger partial charge in [0.25, 0.3) is 11.8 Å². The molecule has 8 heteroatoms. The van der Waals surface area contributed by atoms with Gasteiger partial charge in [-0.2, -0.15) is 0 Å². The second kappa shape index (κ2) is 12.3. The second-order valence-electron chi connectivity index (χ2n) is 9.60. The average Bonchev–Trinajstić information content (AvgIpc) is 3.55. The molecule has 0 radical (unpaired) electrons. The highest BCUT2D eigenvalue weighted by atomic mass is 32.2. The Morgan fingerprint density at radius 2 is 1.95 bits per heavy atom. The fourth-order valence-corrected chi connectivity index (χ4v) is 5.38. The highest BCUT2D eigenvalue weighted by Crippen LogP contribution is 2.35. The van der Waals surface area contributed by atoms with Crippen molar-refractivity contribution < 1.29 is 19.1 Å². The van der Waals surface area contributed by atoms with Crippen molar-refractivity contribution in [1.82, 2.24) is 4.90 Å². The molecule has 2 amide bonds. The van der Waals surface area contributed by atoms with Crippen LogP contribution in [0.5, 0.6) is 5.75 Å². The van der Waals surface area contributed by atoms with E-state index < -0.39 is 0 Å². The summed E-state index contributed by atoms with van der Waals surface area (Å²) in [7, 11) is 0. The molecule has 2 aliphatic rings. The number of rotatable bonds is 8. The molecule has 0 aromatic heterocycles. The second-order valence-corrected chi connectivity index (χ2v) is 10.6. The van der Waals surface area contributed by atoms with Crippen molar-refractivity contribution in [3.8, 4) is 5.75 Å². The molecule has 7 nitrogen and oxygen atoms in total. The van der Waals surface area contributed by atoms with Crippen LogP contribution in [-0.2, 0) is 14.3 Å². The van der Waals surface area contributed by atoms with E-state index in [0.717, 1.165) is 42.0 Å². The number of ether oxygens (including phenoxy) is 2. The summed E-state index contributed by atoms with van der Waals surface area (Å²) in [5, 5.41) is 3.51. The summed E-state index contributed by atoms with van der Waals surface area (Å²) in [5.74, 6) is 0.212. The van der Waals surface area contributed by atoms with Gasteiger partial charge in [0.15, 0.2) is 11.8 Å². The molecular formula is C31H31N3O4S. The van der Waals surface area contributed by atoms with Gasteiger partial charge in [-0.3, -0.25) is 14.5 Å². The molecule has 3 aromatic rings. The van der Waals surface area contributed by atoms with E-state index in [-0.39, 0.29) is 24.5 Å². The predicted molar refractivity (Wildman–Crippen MR) is 156 cm³/mol. The lowest BCUT2D eigenvalue weighted by molar-refractivity contribution is -0.123. The molecule has 2 fully saturated rings. The van der Waals surface area contributed by atoms with Crippen molar-refractivity contribution in [1.29, 1.82) is 0 Å². The maximum absolute atomic E-state index is 13.4. The molecule has 2 heterocycles. The topological polar surface area (TPSA) is 80.2 Å². The molecule has 200 valence electrons. The van der Waals surface area contributed by atoms with Crippen LogP contribution in [0, 0.1) is 13.8 Å². The van der Waals surface area contributed by atoms with Gasteiger partial charge >= 0.3 is 0 Å². The Morgan fingerprint density at radius 3 is 2.72 bits per heavy atom. The molecule has 39 heavy (non-hydrogen) atoms. The number of benzene rings is 3. The number of thioether (sulfide) groups is 1. The summed E-state index contributed by atoms with van der Waals surface area (Å²) < 4.78 is 11.6. The molecule has 0 spiro atoms. The van der Waals surface area contributed by atoms with Crippen LogP contribution in [0.25, 0.3) is 6.08 Å². The lowest BCUT2D eigenvalue weighted by atomic mass is 10.1. The first-order valence-corrected chi connectivity index (χ1v) is 13.8. The van der Waals surface area contributed by atoms with Gasteiger partial charge in [0.05, 0.1) is 23.2 Å². The number of hydrogen-bond acceptors (Lipinski definition) is 6. The summed E-state index contributed by atoms with van der Waals surface area (Å²) >= 11 is 1.35. The summed E-state index contributed by atoms with van der Waals surface area (Å²) in [6, 6.07) is 22.8. The maximum atomic E-state index is 13.4. The van der Waals surface area contributed by atoms with Gasteiger partial charge < -0.3 is 14.8 Å². The van der Waals surface area contributed by atoms with Gasteiger partial charge in [-0.05, 0) is 97.6 Å². The Morgan fingerprint density at radius 1 is 1.10 bits per heavy atom. The first-order chi connectivity index (χ1) is 18.9. The molecule has 1 N–H and O–H groups in total. The Balaban J connectivity index is 1.28. The van der Waals surface area contributed by atoms with Crippen molar-refractivity contribution >= 4 is 46.2 Å². The Hall–Kier alpha value is -3.88. The van der Waals surface area contributed by atoms with E-state index in [2.05, 4.69) is 5.32 Å². The van der Waals surface area contributed by atoms with Crippen LogP contribution in [0.1, 0.15) is 29.5 Å². The number of carbonyl (C=O) groups excluding carboxylic acids is 2. The molecule has 0 bridgehead atoms. The van der Waals surface area contributed by atoms with Gasteiger partial charge in [0.1, 0.15) is 5.75 Å². The molecule has 0 aliphatic carbocycles. The van der Waals surface area contributed by atoms with Crippen LogP contribution in [0.15, 0.2) is 82.7 Å². The Kier molecular flexibility index (Phi) is 8.44. The summed E-state index contributed by atoms with van der Waals surface area (Å²) in [5.41, 5.74) is 4.61. The standard InChI is InChI=1S/C31H31N3O4S/c1-21-13-14-25(16-22(21)2)32-29(35)20-38-26-11-6-8-23(17-26)18-28-30(36)34(19-27-12-7-15-37-27)31(39-28)33-24-9-4-3-5-10-24/h3-6,8-11,13-14,16-18,27H,7,12,15,19-20H2,1-2H3,(H,32,35)/b28-18-,33-31?/t27-/m0/s1. The minimum atomic E-state index is -0.241. The minimum absolute atomic E-state index is 0.0153. The highest BCUT2D eigenvalue weighted by Gasteiger charge is 2.35. The molecule has 1 atom stereocenters. The van der Waals surface area contributed by atoms with Crippen molar-refractivity contribution in [2.24, 2.45) is 4.99 Å². The minimum Gasteiger partial charge on any atom is -0.484 e. The normalized spacial score (nSPS) is 19.2. The fourth-order valence-electron chi connectivity index (χ4n) is 4.37. The lowest BCUT2D eigenvalue weighted by Gasteiger charge is -2.19. The van der Waals surface area contributed by atoms with E-state index in [1.165, 1.54) is 17.3 Å². The van der Waals surface area contributed by atoms with Crippen LogP contribution in [0.3, 0.4) is 0 Å². The van der Waals surface area contributed by atoms with Crippen LogP contribution < -0.4 is 10.1 Å². The third-order valence-electron chi connectivity index (χ3n) is 6.60. The number of aryl methyl sites for hydroxylation is 2. The largest absolute Gasteiger partial charge is 0.484 e. The number of amidine groups is 1. The highest BCUT2D eigenvalue weighted by molar-refractivity contribution is 8.18. The SMILES string of the molecule is Cc1ccc(NC(=O)COc2cccc(/C=C3\SC(=Nc4ccccc4)N(C[C@@H]4CCCO4)C3=O)c2)cc1C. The number of hydrogen-bond donors (Lipinski definition) is 1. The van der Waals surface area contributed by atoms with E-state index in [9.17, 15) is 9.59 Å². The van der Waals surface area contributed by atoms with Crippen molar-refractivity contribution in [3.63, 3.8) is 0 Å². The quantitative estimate of drug-likeness (QED) is 0.349. The predicted octanol–water partition coefficient (Wildman–Crippen LogP) is 6.10. The fraction of sp³-hybridized carbons (Fsp3) is 0.258. The smallest absolute Gasteiger partial charge is 0.266 e. The van der Waals surface area contributed by atoms with Crippen LogP contribution in [0.2, 0.25) is 0 Å². The van der Waals surface area contributed by atoms with E-state index in [1.807, 2.05) is 86.7 Å². The van der Waals surface area contributed by atoms with Gasteiger partial charge in [-0.1, -0.05) is 36.4 Å². The van der Waals surface area contributed by atoms with E-state index >= 15 is 0 Å². The van der Waals surface area contributed by atoms with Gasteiger partial charge in [-0.25, -0.2) is 4.99 Å². The number of amides is 2. The van der Waals surface area contributed by atoms with Crippen molar-refractivity contribution in [3.05, 3.63) is 94.4 Å². The van der Waals surface area contributed by atoms with Gasteiger partial charge in [0.2, 0.25) is 0 Å². The van der Waals surface area contributed by atoms with Crippen LogP contribution >= 0.6 is 11.8 Å². The Bertz CT molecular complexity index is 1410. The summed E-state index contributed by atoms with van der Waals surface area (Å²) in [4.78, 5) is 32.9. The zero-order valence-corrected chi connectivity index (χ0v) is 22.9. The number of carbonyl (C=O) groups is 2. The molecule has 3 aromatic carbocycles. The third kappa shape index (κ3) is 6.96. The van der Waals surface area contributed by atoms with Crippen molar-refractivity contribution in [2.75, 3.05) is 25.1 Å². The van der Waals surface area contributed by atoms with E-state index in [1.54, 1.807) is 11.0 Å². The van der Waals surface area contributed by atoms with E-state index in [0.29, 0.717) is 22.4 Å². The number of anilines is 1. The zero-order chi connectivity index (χ0) is 27.2. The number of aliphatic imine (C=N–C) groups is 1. The molecule has 2 saturated heterocycles. The summed E-state index contributed by atoms with van der Waals surface area (Å²) in [6.07, 6.45) is 3.79. The zero-order valence-electron chi connectivity index (χ0n) is 22.1. The third-order valence-corrected chi connectivity index (χ3v) is 7.60. The Labute approximate surface area is 232 Å². The monoisotopic (exact) mass is 541 g/mol. The number of nitrogens with zero attached hydrogens (tertiary/aromatic N) is 2. The molecule has 0 unspecified atom stereocenters. The number of para-hydroxylation sites is 1. The van der Waals surface area contributed by atoms with Gasteiger partial charge in [0, 0.05) is 12.3 Å². The first-order valence-electron chi connectivity index (χ1n) is 13.0. The molecule has 2 aliphatic heterocycles. The van der Waals surface area contributed by atoms with Gasteiger partial charge in [-0.15, -0.1) is 0 Å². The summed E-state index contributed by atoms with van der Waals surface area (Å²) in [6.45, 7) is 5.12. The molecule has 5 rings (SSSR count). The van der Waals surface area contributed by atoms with Crippen LogP contribution in [0.4, 0.5) is 11.4 Å². The van der Waals surface area contributed by atoms with E-state index in [4.69, 9.17) is 14.5 Å². The lowest BCUT2D eigenvalue weighted by Crippen LogP contribution is -2.36.